The minimum Gasteiger partial charge on any atom is -0.371 e. The second kappa shape index (κ2) is 9.35. The van der Waals surface area contributed by atoms with Gasteiger partial charge >= 0.3 is 0 Å². The number of thiazole rings is 1. The Morgan fingerprint density at radius 3 is 2.74 bits per heavy atom. The number of halogens is 1. The van der Waals surface area contributed by atoms with Crippen LogP contribution in [0.15, 0.2) is 23.6 Å². The molecule has 1 aromatic heterocycles. The quantitative estimate of drug-likeness (QED) is 0.681. The molecule has 168 valence electrons. The molecule has 2 aliphatic rings. The Balaban J connectivity index is 1.36. The summed E-state index contributed by atoms with van der Waals surface area (Å²) < 4.78 is 20.0. The van der Waals surface area contributed by atoms with Crippen LogP contribution in [0, 0.1) is 5.82 Å². The van der Waals surface area contributed by atoms with Crippen molar-refractivity contribution in [2.45, 2.75) is 58.1 Å². The van der Waals surface area contributed by atoms with Crippen LogP contribution in [0.4, 0.5) is 4.39 Å². The summed E-state index contributed by atoms with van der Waals surface area (Å²) in [4.78, 5) is 21.9. The maximum atomic E-state index is 13.8. The number of aromatic nitrogens is 1. The van der Waals surface area contributed by atoms with Gasteiger partial charge in [0.05, 0.1) is 23.8 Å². The molecule has 3 heterocycles. The van der Waals surface area contributed by atoms with Crippen molar-refractivity contribution in [1.82, 2.24) is 14.8 Å². The second-order valence-electron chi connectivity index (χ2n) is 9.04. The fraction of sp³-hybridized carbons (Fsp3) is 0.583. The number of nitrogens with zero attached hydrogens (tertiary/aromatic N) is 3. The van der Waals surface area contributed by atoms with Gasteiger partial charge in [0.25, 0.3) is 5.91 Å². The second-order valence-corrected chi connectivity index (χ2v) is 9.93. The smallest absolute Gasteiger partial charge is 0.273 e. The molecule has 0 saturated carbocycles. The number of amides is 1. The number of benzene rings is 1. The maximum Gasteiger partial charge on any atom is 0.273 e. The molecular weight excluding hydrogens is 413 g/mol. The topological polar surface area (TPSA) is 45.7 Å². The Morgan fingerprint density at radius 2 is 2.06 bits per heavy atom. The Morgan fingerprint density at radius 1 is 1.29 bits per heavy atom. The summed E-state index contributed by atoms with van der Waals surface area (Å²) in [6.07, 6.45) is 2.50. The van der Waals surface area contributed by atoms with Crippen molar-refractivity contribution in [3.05, 3.63) is 51.2 Å². The zero-order valence-corrected chi connectivity index (χ0v) is 19.5. The Hall–Kier alpha value is -1.83. The van der Waals surface area contributed by atoms with Crippen LogP contribution in [0.3, 0.4) is 0 Å². The van der Waals surface area contributed by atoms with Crippen LogP contribution < -0.4 is 0 Å². The zero-order valence-electron chi connectivity index (χ0n) is 18.7. The molecule has 1 amide bonds. The van der Waals surface area contributed by atoms with Crippen LogP contribution in [0.5, 0.6) is 0 Å². The average molecular weight is 446 g/mol. The van der Waals surface area contributed by atoms with Crippen LogP contribution in [0.25, 0.3) is 0 Å². The van der Waals surface area contributed by atoms with E-state index in [4.69, 9.17) is 4.74 Å². The summed E-state index contributed by atoms with van der Waals surface area (Å²) in [5.41, 5.74) is 2.23. The van der Waals surface area contributed by atoms with Crippen molar-refractivity contribution >= 4 is 17.2 Å². The first kappa shape index (κ1) is 22.4. The lowest BCUT2D eigenvalue weighted by Crippen LogP contribution is -2.58. The standard InChI is InChI=1S/C24H32FN3O2S/c1-4-19-13-18(5-6-20(19)25)14-27-9-7-24(8-10-27)16-28(11-12-30-24)23(29)21-15-31-22(26-21)17(2)3/h5-6,13,15,17H,4,7-12,14,16H2,1-3H3. The molecule has 2 aromatic rings. The van der Waals surface area contributed by atoms with Crippen molar-refractivity contribution in [2.75, 3.05) is 32.8 Å². The molecule has 0 unspecified atom stereocenters. The summed E-state index contributed by atoms with van der Waals surface area (Å²) in [7, 11) is 0. The summed E-state index contributed by atoms with van der Waals surface area (Å²) in [6, 6.07) is 5.45. The van der Waals surface area contributed by atoms with Gasteiger partial charge in [-0.3, -0.25) is 9.69 Å². The Labute approximate surface area is 188 Å². The highest BCUT2D eigenvalue weighted by Gasteiger charge is 2.41. The third-order valence-electron chi connectivity index (χ3n) is 6.44. The highest BCUT2D eigenvalue weighted by molar-refractivity contribution is 7.09. The molecule has 31 heavy (non-hydrogen) atoms. The van der Waals surface area contributed by atoms with E-state index >= 15 is 0 Å². The van der Waals surface area contributed by atoms with Gasteiger partial charge in [0, 0.05) is 37.5 Å². The zero-order chi connectivity index (χ0) is 22.0. The third-order valence-corrected chi connectivity index (χ3v) is 7.58. The summed E-state index contributed by atoms with van der Waals surface area (Å²) in [5.74, 6) is 0.234. The van der Waals surface area contributed by atoms with Gasteiger partial charge in [-0.05, 0) is 36.5 Å². The van der Waals surface area contributed by atoms with Gasteiger partial charge in [-0.15, -0.1) is 11.3 Å². The first-order valence-electron chi connectivity index (χ1n) is 11.3. The van der Waals surface area contributed by atoms with Gasteiger partial charge < -0.3 is 9.64 Å². The predicted molar refractivity (Wildman–Crippen MR) is 121 cm³/mol. The van der Waals surface area contributed by atoms with Crippen molar-refractivity contribution < 1.29 is 13.9 Å². The normalized spacial score (nSPS) is 19.3. The van der Waals surface area contributed by atoms with E-state index in [0.29, 0.717) is 37.7 Å². The van der Waals surface area contributed by atoms with Crippen LogP contribution >= 0.6 is 11.3 Å². The molecule has 4 rings (SSSR count). The van der Waals surface area contributed by atoms with E-state index < -0.39 is 0 Å². The van der Waals surface area contributed by atoms with Gasteiger partial charge in [-0.2, -0.15) is 0 Å². The molecule has 0 radical (unpaired) electrons. The molecular formula is C24H32FN3O2S. The third kappa shape index (κ3) is 4.99. The summed E-state index contributed by atoms with van der Waals surface area (Å²) >= 11 is 1.56. The molecule has 1 aromatic carbocycles. The molecule has 0 atom stereocenters. The molecule has 7 heteroatoms. The molecule has 5 nitrogen and oxygen atoms in total. The van der Waals surface area contributed by atoms with Crippen LogP contribution in [0.1, 0.15) is 66.2 Å². The van der Waals surface area contributed by atoms with E-state index in [0.717, 1.165) is 48.6 Å². The van der Waals surface area contributed by atoms with Gasteiger partial charge in [0.2, 0.25) is 0 Å². The first-order chi connectivity index (χ1) is 14.9. The molecule has 2 fully saturated rings. The Kier molecular flexibility index (Phi) is 6.74. The Bertz CT molecular complexity index is 921. The van der Waals surface area contributed by atoms with Crippen LogP contribution in [-0.2, 0) is 17.7 Å². The number of aryl methyl sites for hydroxylation is 1. The predicted octanol–water partition coefficient (Wildman–Crippen LogP) is 4.48. The highest BCUT2D eigenvalue weighted by atomic mass is 32.1. The van der Waals surface area contributed by atoms with Crippen molar-refractivity contribution in [2.24, 2.45) is 0 Å². The minimum atomic E-state index is -0.265. The largest absolute Gasteiger partial charge is 0.371 e. The number of hydrogen-bond acceptors (Lipinski definition) is 5. The lowest BCUT2D eigenvalue weighted by Gasteiger charge is -2.47. The molecule has 0 bridgehead atoms. The summed E-state index contributed by atoms with van der Waals surface area (Å²) in [5, 5.41) is 2.89. The lowest BCUT2D eigenvalue weighted by molar-refractivity contribution is -0.128. The van der Waals surface area contributed by atoms with Crippen molar-refractivity contribution in [3.63, 3.8) is 0 Å². The summed E-state index contributed by atoms with van der Waals surface area (Å²) in [6.45, 7) is 10.6. The van der Waals surface area contributed by atoms with Gasteiger partial charge in [0.15, 0.2) is 0 Å². The van der Waals surface area contributed by atoms with Crippen LogP contribution in [-0.4, -0.2) is 59.1 Å². The molecule has 2 saturated heterocycles. The maximum absolute atomic E-state index is 13.8. The lowest BCUT2D eigenvalue weighted by atomic mass is 9.89. The van der Waals surface area contributed by atoms with E-state index in [2.05, 4.69) is 23.7 Å². The SMILES string of the molecule is CCc1cc(CN2CCC3(CC2)CN(C(=O)c2csc(C(C)C)n2)CCO3)ccc1F. The number of ether oxygens (including phenoxy) is 1. The minimum absolute atomic E-state index is 0.0201. The number of carbonyl (C=O) groups excluding carboxylic acids is 1. The number of rotatable bonds is 5. The fourth-order valence-electron chi connectivity index (χ4n) is 4.51. The highest BCUT2D eigenvalue weighted by Crippen LogP contribution is 2.32. The monoisotopic (exact) mass is 445 g/mol. The average Bonchev–Trinajstić information content (AvgIpc) is 3.27. The number of hydrogen-bond donors (Lipinski definition) is 0. The molecule has 0 aliphatic carbocycles. The van der Waals surface area contributed by atoms with Crippen molar-refractivity contribution in [1.29, 1.82) is 0 Å². The van der Waals surface area contributed by atoms with Gasteiger partial charge in [0.1, 0.15) is 11.5 Å². The van der Waals surface area contributed by atoms with E-state index in [1.165, 1.54) is 0 Å². The van der Waals surface area contributed by atoms with Gasteiger partial charge in [-0.25, -0.2) is 9.37 Å². The number of piperidine rings is 1. The van der Waals surface area contributed by atoms with Crippen molar-refractivity contribution in [3.8, 4) is 0 Å². The van der Waals surface area contributed by atoms with E-state index in [-0.39, 0.29) is 17.3 Å². The number of likely N-dealkylation sites (tertiary alicyclic amines) is 1. The number of morpholine rings is 1. The van der Waals surface area contributed by atoms with Crippen LogP contribution in [0.2, 0.25) is 0 Å². The molecule has 0 N–H and O–H groups in total. The first-order valence-corrected chi connectivity index (χ1v) is 12.2. The fourth-order valence-corrected chi connectivity index (χ4v) is 5.32. The van der Waals surface area contributed by atoms with E-state index in [1.807, 2.05) is 29.3 Å². The van der Waals surface area contributed by atoms with Gasteiger partial charge in [-0.1, -0.05) is 32.9 Å². The number of carbonyl (C=O) groups is 1. The van der Waals surface area contributed by atoms with E-state index in [1.54, 1.807) is 17.4 Å². The molecule has 2 aliphatic heterocycles. The molecule has 1 spiro atoms. The van der Waals surface area contributed by atoms with E-state index in [9.17, 15) is 9.18 Å².